The molecule has 0 saturated heterocycles. The Hall–Kier alpha value is -0.550. The summed E-state index contributed by atoms with van der Waals surface area (Å²) in [6.07, 6.45) is 0.338. The second-order valence-corrected chi connectivity index (χ2v) is 5.81. The van der Waals surface area contributed by atoms with Crippen LogP contribution in [0, 0.1) is 6.92 Å². The number of aliphatic hydroxyl groups is 1. The average molecular weight is 269 g/mol. The van der Waals surface area contributed by atoms with Gasteiger partial charge in [-0.1, -0.05) is 29.8 Å². The second-order valence-electron chi connectivity index (χ2n) is 5.15. The zero-order valence-electron chi connectivity index (χ0n) is 11.3. The van der Waals surface area contributed by atoms with Crippen LogP contribution in [0.2, 0.25) is 0 Å². The minimum atomic E-state index is -0.542. The summed E-state index contributed by atoms with van der Waals surface area (Å²) in [6.45, 7) is 6.79. The summed E-state index contributed by atoms with van der Waals surface area (Å²) < 4.78 is 8.65. The lowest BCUT2D eigenvalue weighted by molar-refractivity contribution is 0.0806. The van der Waals surface area contributed by atoms with Crippen LogP contribution in [0.15, 0.2) is 24.3 Å². The van der Waals surface area contributed by atoms with Gasteiger partial charge in [-0.15, -0.1) is 0 Å². The van der Waals surface area contributed by atoms with Gasteiger partial charge in [-0.3, -0.25) is 0 Å². The Labute approximate surface area is 114 Å². The van der Waals surface area contributed by atoms with Crippen LogP contribution < -0.4 is 5.32 Å². The van der Waals surface area contributed by atoms with Gasteiger partial charge < -0.3 is 15.0 Å². The lowest BCUT2D eigenvalue weighted by Crippen LogP contribution is -2.45. The SMILES string of the molecule is Cc1ccc(C(O)C(C)(C)NCCCSO)cc1. The molecule has 3 N–H and O–H groups in total. The molecule has 18 heavy (non-hydrogen) atoms. The molecule has 0 spiro atoms. The number of nitrogens with one attached hydrogen (secondary N) is 1. The van der Waals surface area contributed by atoms with Crippen molar-refractivity contribution in [1.82, 2.24) is 5.32 Å². The summed E-state index contributed by atoms with van der Waals surface area (Å²) in [6, 6.07) is 7.95. The first-order chi connectivity index (χ1) is 8.47. The summed E-state index contributed by atoms with van der Waals surface area (Å²) in [5.41, 5.74) is 1.74. The molecule has 0 bridgehead atoms. The fourth-order valence-electron chi connectivity index (χ4n) is 1.81. The van der Waals surface area contributed by atoms with E-state index in [4.69, 9.17) is 4.55 Å². The standard InChI is InChI=1S/C14H23NO2S/c1-11-5-7-12(8-6-11)13(16)14(2,3)15-9-4-10-18-17/h5-8,13,15-17H,4,9-10H2,1-3H3. The van der Waals surface area contributed by atoms with E-state index >= 15 is 0 Å². The topological polar surface area (TPSA) is 52.5 Å². The molecule has 4 heteroatoms. The van der Waals surface area contributed by atoms with Gasteiger partial charge in [-0.2, -0.15) is 0 Å². The van der Waals surface area contributed by atoms with Gasteiger partial charge in [0.15, 0.2) is 0 Å². The number of benzene rings is 1. The molecule has 1 unspecified atom stereocenters. The zero-order valence-corrected chi connectivity index (χ0v) is 12.1. The van der Waals surface area contributed by atoms with Crippen LogP contribution in [0.25, 0.3) is 0 Å². The molecule has 1 aromatic carbocycles. The quantitative estimate of drug-likeness (QED) is 0.526. The predicted molar refractivity (Wildman–Crippen MR) is 77.9 cm³/mol. The summed E-state index contributed by atoms with van der Waals surface area (Å²) >= 11 is 0.856. The molecule has 0 aliphatic carbocycles. The van der Waals surface area contributed by atoms with Crippen molar-refractivity contribution in [2.24, 2.45) is 0 Å². The minimum absolute atomic E-state index is 0.380. The number of hydrogen-bond donors (Lipinski definition) is 3. The highest BCUT2D eigenvalue weighted by molar-refractivity contribution is 7.93. The Morgan fingerprint density at radius 3 is 2.44 bits per heavy atom. The van der Waals surface area contributed by atoms with Crippen molar-refractivity contribution in [2.75, 3.05) is 12.3 Å². The summed E-state index contributed by atoms with van der Waals surface area (Å²) in [5.74, 6) is 0.712. The van der Waals surface area contributed by atoms with Crippen molar-refractivity contribution in [3.8, 4) is 0 Å². The number of aryl methyl sites for hydroxylation is 1. The average Bonchev–Trinajstić information content (AvgIpc) is 2.35. The monoisotopic (exact) mass is 269 g/mol. The lowest BCUT2D eigenvalue weighted by Gasteiger charge is -2.32. The van der Waals surface area contributed by atoms with E-state index in [-0.39, 0.29) is 5.54 Å². The highest BCUT2D eigenvalue weighted by Gasteiger charge is 2.28. The van der Waals surface area contributed by atoms with Crippen LogP contribution in [-0.2, 0) is 0 Å². The smallest absolute Gasteiger partial charge is 0.0966 e. The van der Waals surface area contributed by atoms with Crippen molar-refractivity contribution in [3.05, 3.63) is 35.4 Å². The van der Waals surface area contributed by atoms with E-state index in [1.807, 2.05) is 45.0 Å². The van der Waals surface area contributed by atoms with Gasteiger partial charge in [0, 0.05) is 11.3 Å². The number of hydrogen-bond acceptors (Lipinski definition) is 4. The molecule has 0 aliphatic rings. The lowest BCUT2D eigenvalue weighted by atomic mass is 9.91. The third-order valence-corrected chi connectivity index (χ3v) is 3.54. The molecule has 0 heterocycles. The molecule has 0 aromatic heterocycles. The van der Waals surface area contributed by atoms with Gasteiger partial charge in [-0.25, -0.2) is 0 Å². The van der Waals surface area contributed by atoms with Gasteiger partial charge >= 0.3 is 0 Å². The van der Waals surface area contributed by atoms with E-state index in [2.05, 4.69) is 5.32 Å². The van der Waals surface area contributed by atoms with Crippen LogP contribution in [0.3, 0.4) is 0 Å². The Bertz CT molecular complexity index is 351. The third-order valence-electron chi connectivity index (χ3n) is 3.07. The van der Waals surface area contributed by atoms with Crippen molar-refractivity contribution in [3.63, 3.8) is 0 Å². The van der Waals surface area contributed by atoms with Gasteiger partial charge in [-0.05, 0) is 51.3 Å². The van der Waals surface area contributed by atoms with E-state index in [0.717, 1.165) is 30.6 Å². The molecule has 102 valence electrons. The van der Waals surface area contributed by atoms with E-state index in [0.29, 0.717) is 5.75 Å². The second kappa shape index (κ2) is 7.14. The van der Waals surface area contributed by atoms with Gasteiger partial charge in [0.2, 0.25) is 0 Å². The van der Waals surface area contributed by atoms with Gasteiger partial charge in [0.05, 0.1) is 6.10 Å². The van der Waals surface area contributed by atoms with E-state index in [1.54, 1.807) is 0 Å². The first-order valence-corrected chi connectivity index (χ1v) is 7.17. The first kappa shape index (κ1) is 15.5. The highest BCUT2D eigenvalue weighted by atomic mass is 32.2. The van der Waals surface area contributed by atoms with Gasteiger partial charge in [0.25, 0.3) is 0 Å². The maximum Gasteiger partial charge on any atom is 0.0966 e. The van der Waals surface area contributed by atoms with Crippen molar-refractivity contribution >= 4 is 12.0 Å². The maximum absolute atomic E-state index is 10.4. The molecule has 0 saturated carbocycles. The molecule has 0 fully saturated rings. The van der Waals surface area contributed by atoms with Crippen molar-refractivity contribution < 1.29 is 9.66 Å². The predicted octanol–water partition coefficient (Wildman–Crippen LogP) is 2.99. The van der Waals surface area contributed by atoms with Crippen LogP contribution in [0.4, 0.5) is 0 Å². The van der Waals surface area contributed by atoms with E-state index in [1.165, 1.54) is 5.56 Å². The molecule has 3 nitrogen and oxygen atoms in total. The Morgan fingerprint density at radius 2 is 1.89 bits per heavy atom. The summed E-state index contributed by atoms with van der Waals surface area (Å²) in [5, 5.41) is 13.7. The maximum atomic E-state index is 10.4. The molecular weight excluding hydrogens is 246 g/mol. The van der Waals surface area contributed by atoms with Crippen molar-refractivity contribution in [2.45, 2.75) is 38.8 Å². The zero-order chi connectivity index (χ0) is 13.6. The molecule has 0 aliphatic heterocycles. The van der Waals surface area contributed by atoms with Crippen LogP contribution in [0.5, 0.6) is 0 Å². The third kappa shape index (κ3) is 4.61. The highest BCUT2D eigenvalue weighted by Crippen LogP contribution is 2.25. The fraction of sp³-hybridized carbons (Fsp3) is 0.571. The largest absolute Gasteiger partial charge is 0.387 e. The summed E-state index contributed by atoms with van der Waals surface area (Å²) in [7, 11) is 0. The molecule has 1 aromatic rings. The minimum Gasteiger partial charge on any atom is -0.387 e. The van der Waals surface area contributed by atoms with Crippen LogP contribution >= 0.6 is 12.0 Å². The Morgan fingerprint density at radius 1 is 1.28 bits per heavy atom. The van der Waals surface area contributed by atoms with Crippen LogP contribution in [-0.4, -0.2) is 27.5 Å². The molecule has 1 rings (SSSR count). The normalized spacial score (nSPS) is 13.6. The first-order valence-electron chi connectivity index (χ1n) is 6.23. The molecular formula is C14H23NO2S. The number of aliphatic hydroxyl groups excluding tert-OH is 1. The summed E-state index contributed by atoms with van der Waals surface area (Å²) in [4.78, 5) is 0. The molecule has 0 radical (unpaired) electrons. The van der Waals surface area contributed by atoms with Crippen molar-refractivity contribution in [1.29, 1.82) is 0 Å². The number of rotatable bonds is 7. The van der Waals surface area contributed by atoms with Crippen LogP contribution in [0.1, 0.15) is 37.5 Å². The van der Waals surface area contributed by atoms with Gasteiger partial charge in [0.1, 0.15) is 0 Å². The van der Waals surface area contributed by atoms with E-state index in [9.17, 15) is 5.11 Å². The Kier molecular flexibility index (Phi) is 6.15. The Balaban J connectivity index is 2.57. The fourth-order valence-corrected chi connectivity index (χ4v) is 2.08. The van der Waals surface area contributed by atoms with E-state index < -0.39 is 6.10 Å². The molecule has 0 amide bonds. The molecule has 1 atom stereocenters.